The molecule has 2 saturated heterocycles. The summed E-state index contributed by atoms with van der Waals surface area (Å²) < 4.78 is 32.5. The van der Waals surface area contributed by atoms with E-state index in [1.807, 2.05) is 4.90 Å². The summed E-state index contributed by atoms with van der Waals surface area (Å²) in [5.74, 6) is 0.849. The van der Waals surface area contributed by atoms with Gasteiger partial charge in [-0.05, 0) is 49.9 Å². The average Bonchev–Trinajstić information content (AvgIpc) is 3.42. The van der Waals surface area contributed by atoms with Crippen molar-refractivity contribution in [1.29, 1.82) is 5.26 Å². The average molecular weight is 372 g/mol. The first kappa shape index (κ1) is 17.1. The minimum Gasteiger partial charge on any atom is -0.419 e. The van der Waals surface area contributed by atoms with Crippen molar-refractivity contribution in [2.24, 2.45) is 0 Å². The van der Waals surface area contributed by atoms with Crippen LogP contribution < -0.4 is 4.90 Å². The minimum absolute atomic E-state index is 0.273. The van der Waals surface area contributed by atoms with Crippen LogP contribution in [0, 0.1) is 11.3 Å². The summed E-state index contributed by atoms with van der Waals surface area (Å²) in [4.78, 5) is 6.59. The number of rotatable bonds is 4. The molecule has 7 nitrogen and oxygen atoms in total. The number of nitriles is 1. The Morgan fingerprint density at radius 1 is 1.00 bits per heavy atom. The van der Waals surface area contributed by atoms with Gasteiger partial charge in [-0.2, -0.15) is 14.6 Å². The van der Waals surface area contributed by atoms with Gasteiger partial charge in [0.15, 0.2) is 0 Å². The number of hydrogen-bond donors (Lipinski definition) is 0. The Balaban J connectivity index is 1.62. The van der Waals surface area contributed by atoms with Gasteiger partial charge in [-0.3, -0.25) is 0 Å². The highest BCUT2D eigenvalue weighted by molar-refractivity contribution is 7.89. The molecule has 26 heavy (non-hydrogen) atoms. The number of sulfonamides is 1. The van der Waals surface area contributed by atoms with Crippen molar-refractivity contribution in [1.82, 2.24) is 9.29 Å². The van der Waals surface area contributed by atoms with Crippen molar-refractivity contribution in [3.63, 3.8) is 0 Å². The van der Waals surface area contributed by atoms with Crippen LogP contribution in [0.3, 0.4) is 0 Å². The summed E-state index contributed by atoms with van der Waals surface area (Å²) >= 11 is 0. The molecule has 3 heterocycles. The molecule has 0 atom stereocenters. The van der Waals surface area contributed by atoms with E-state index in [1.165, 1.54) is 4.31 Å². The molecule has 4 rings (SSSR count). The maximum Gasteiger partial charge on any atom is 0.243 e. The van der Waals surface area contributed by atoms with E-state index < -0.39 is 10.0 Å². The van der Waals surface area contributed by atoms with Crippen LogP contribution in [0.5, 0.6) is 0 Å². The van der Waals surface area contributed by atoms with Gasteiger partial charge in [-0.15, -0.1) is 0 Å². The summed E-state index contributed by atoms with van der Waals surface area (Å²) in [7, 11) is -3.44. The van der Waals surface area contributed by atoms with Gasteiger partial charge in [0.05, 0.1) is 4.90 Å². The number of anilines is 1. The SMILES string of the molecule is N#Cc1nc(-c2ccc(S(=O)(=O)N3CCCC3)cc2)oc1N1CCCC1. The lowest BCUT2D eigenvalue weighted by Crippen LogP contribution is -2.27. The zero-order valence-corrected chi connectivity index (χ0v) is 15.2. The van der Waals surface area contributed by atoms with Gasteiger partial charge < -0.3 is 9.32 Å². The molecule has 0 aliphatic carbocycles. The molecule has 0 bridgehead atoms. The highest BCUT2D eigenvalue weighted by Gasteiger charge is 2.27. The van der Waals surface area contributed by atoms with Gasteiger partial charge in [-0.25, -0.2) is 8.42 Å². The van der Waals surface area contributed by atoms with Crippen LogP contribution in [0.15, 0.2) is 33.6 Å². The lowest BCUT2D eigenvalue weighted by Gasteiger charge is -2.15. The van der Waals surface area contributed by atoms with Crippen molar-refractivity contribution in [2.45, 2.75) is 30.6 Å². The third kappa shape index (κ3) is 2.97. The summed E-state index contributed by atoms with van der Waals surface area (Å²) in [5, 5.41) is 9.33. The first-order valence-electron chi connectivity index (χ1n) is 8.86. The summed E-state index contributed by atoms with van der Waals surface area (Å²) in [6, 6.07) is 8.61. The fourth-order valence-electron chi connectivity index (χ4n) is 3.49. The van der Waals surface area contributed by atoms with E-state index in [9.17, 15) is 13.7 Å². The highest BCUT2D eigenvalue weighted by Crippen LogP contribution is 2.31. The Kier molecular flexibility index (Phi) is 4.42. The van der Waals surface area contributed by atoms with Gasteiger partial charge in [0.1, 0.15) is 6.07 Å². The van der Waals surface area contributed by atoms with Gasteiger partial charge in [0.25, 0.3) is 0 Å². The fourth-order valence-corrected chi connectivity index (χ4v) is 5.01. The largest absolute Gasteiger partial charge is 0.419 e. The van der Waals surface area contributed by atoms with Crippen LogP contribution in [0.4, 0.5) is 5.88 Å². The topological polar surface area (TPSA) is 90.4 Å². The van der Waals surface area contributed by atoms with Crippen molar-refractivity contribution in [3.05, 3.63) is 30.0 Å². The van der Waals surface area contributed by atoms with Gasteiger partial charge in [0, 0.05) is 31.7 Å². The van der Waals surface area contributed by atoms with Crippen LogP contribution in [0.25, 0.3) is 11.5 Å². The molecule has 2 fully saturated rings. The van der Waals surface area contributed by atoms with E-state index in [1.54, 1.807) is 24.3 Å². The number of nitrogens with zero attached hydrogens (tertiary/aromatic N) is 4. The normalized spacial score (nSPS) is 18.3. The molecule has 8 heteroatoms. The zero-order chi connectivity index (χ0) is 18.1. The number of hydrogen-bond acceptors (Lipinski definition) is 6. The molecule has 136 valence electrons. The van der Waals surface area contributed by atoms with E-state index >= 15 is 0 Å². The Bertz CT molecular complexity index is 932. The molecule has 2 aromatic rings. The van der Waals surface area contributed by atoms with Crippen molar-refractivity contribution >= 4 is 15.9 Å². The maximum absolute atomic E-state index is 12.6. The first-order valence-corrected chi connectivity index (χ1v) is 10.3. The Hall–Kier alpha value is -2.37. The monoisotopic (exact) mass is 372 g/mol. The molecular formula is C18H20N4O3S. The minimum atomic E-state index is -3.44. The van der Waals surface area contributed by atoms with Gasteiger partial charge in [0.2, 0.25) is 27.5 Å². The summed E-state index contributed by atoms with van der Waals surface area (Å²) in [6.45, 7) is 2.87. The second-order valence-corrected chi connectivity index (χ2v) is 8.55. The van der Waals surface area contributed by atoms with Crippen LogP contribution >= 0.6 is 0 Å². The highest BCUT2D eigenvalue weighted by atomic mass is 32.2. The predicted octanol–water partition coefficient (Wildman–Crippen LogP) is 2.60. The quantitative estimate of drug-likeness (QED) is 0.819. The van der Waals surface area contributed by atoms with Crippen molar-refractivity contribution < 1.29 is 12.8 Å². The molecule has 0 spiro atoms. The van der Waals surface area contributed by atoms with E-state index in [0.717, 1.165) is 38.8 Å². The molecule has 0 saturated carbocycles. The number of aromatic nitrogens is 1. The third-order valence-electron chi connectivity index (χ3n) is 4.91. The first-order chi connectivity index (χ1) is 12.6. The van der Waals surface area contributed by atoms with E-state index in [0.29, 0.717) is 30.4 Å². The molecule has 1 aromatic heterocycles. The van der Waals surface area contributed by atoms with Crippen LogP contribution in [0.1, 0.15) is 31.4 Å². The molecule has 0 amide bonds. The third-order valence-corrected chi connectivity index (χ3v) is 6.83. The molecule has 2 aliphatic heterocycles. The van der Waals surface area contributed by atoms with E-state index in [-0.39, 0.29) is 10.6 Å². The van der Waals surface area contributed by atoms with Crippen LogP contribution in [-0.2, 0) is 10.0 Å². The van der Waals surface area contributed by atoms with E-state index in [4.69, 9.17) is 4.42 Å². The molecule has 0 N–H and O–H groups in total. The number of oxazole rings is 1. The van der Waals surface area contributed by atoms with Gasteiger partial charge in [-0.1, -0.05) is 0 Å². The zero-order valence-electron chi connectivity index (χ0n) is 14.4. The standard InChI is InChI=1S/C18H20N4O3S/c19-13-16-18(21-9-1-2-10-21)25-17(20-16)14-5-7-15(8-6-14)26(23,24)22-11-3-4-12-22/h5-8H,1-4,9-12H2. The molecule has 0 radical (unpaired) electrons. The summed E-state index contributed by atoms with van der Waals surface area (Å²) in [6.07, 6.45) is 3.96. The summed E-state index contributed by atoms with van der Waals surface area (Å²) in [5.41, 5.74) is 0.933. The molecule has 0 unspecified atom stereocenters. The van der Waals surface area contributed by atoms with Crippen molar-refractivity contribution in [3.8, 4) is 17.5 Å². The van der Waals surface area contributed by atoms with Crippen LogP contribution in [-0.4, -0.2) is 43.9 Å². The smallest absolute Gasteiger partial charge is 0.243 e. The second-order valence-electron chi connectivity index (χ2n) is 6.61. The predicted molar refractivity (Wildman–Crippen MR) is 96.1 cm³/mol. The fraction of sp³-hybridized carbons (Fsp3) is 0.444. The Labute approximate surface area is 152 Å². The molecule has 1 aromatic carbocycles. The van der Waals surface area contributed by atoms with Gasteiger partial charge >= 0.3 is 0 Å². The molecule has 2 aliphatic rings. The number of benzene rings is 1. The van der Waals surface area contributed by atoms with Crippen molar-refractivity contribution in [2.75, 3.05) is 31.1 Å². The molecular weight excluding hydrogens is 352 g/mol. The second kappa shape index (κ2) is 6.74. The maximum atomic E-state index is 12.6. The lowest BCUT2D eigenvalue weighted by molar-refractivity contribution is 0.477. The van der Waals surface area contributed by atoms with E-state index in [2.05, 4.69) is 11.1 Å². The lowest BCUT2D eigenvalue weighted by atomic mass is 10.2. The Morgan fingerprint density at radius 2 is 1.62 bits per heavy atom. The van der Waals surface area contributed by atoms with Crippen LogP contribution in [0.2, 0.25) is 0 Å². The Morgan fingerprint density at radius 3 is 2.23 bits per heavy atom.